The third kappa shape index (κ3) is 33.3. The van der Waals surface area contributed by atoms with Gasteiger partial charge in [0.05, 0.1) is 24.2 Å². The molecule has 0 saturated carbocycles. The maximum atomic E-state index is 11.6. The molecule has 0 rings (SSSR count). The number of hydrogen-bond donors (Lipinski definition) is 7. The minimum Gasteiger partial charge on any atom is -0.370 e. The first-order valence-electron chi connectivity index (χ1n) is 14.2. The molecule has 0 fully saturated rings. The molecule has 43 heavy (non-hydrogen) atoms. The average molecular weight is 616 g/mol. The summed E-state index contributed by atoms with van der Waals surface area (Å²) >= 11 is 0. The molecule has 13 heteroatoms. The topological polar surface area (TPSA) is 215 Å². The highest BCUT2D eigenvalue weighted by atomic mass is 16.2. The monoisotopic (exact) mass is 615 g/mol. The third-order valence-electron chi connectivity index (χ3n) is 5.91. The Morgan fingerprint density at radius 3 is 1.12 bits per heavy atom. The Bertz CT molecular complexity index is 778. The van der Waals surface area contributed by atoms with Crippen LogP contribution in [0.3, 0.4) is 0 Å². The molecule has 0 aliphatic carbocycles. The van der Waals surface area contributed by atoms with E-state index in [0.29, 0.717) is 38.8 Å². The first-order valence-corrected chi connectivity index (χ1v) is 14.2. The lowest BCUT2D eigenvalue weighted by molar-refractivity contribution is -0.123. The van der Waals surface area contributed by atoms with E-state index in [9.17, 15) is 28.8 Å². The van der Waals surface area contributed by atoms with E-state index in [1.807, 2.05) is 0 Å². The number of primary amides is 1. The molecule has 9 N–H and O–H groups in total. The second kappa shape index (κ2) is 35.1. The van der Waals surface area contributed by atoms with Crippen molar-refractivity contribution in [1.82, 2.24) is 26.6 Å². The van der Waals surface area contributed by atoms with Gasteiger partial charge in [-0.2, -0.15) is 0 Å². The summed E-state index contributed by atoms with van der Waals surface area (Å²) in [5.41, 5.74) is 10.2. The Kier molecular flexibility index (Phi) is 40.5. The predicted octanol–water partition coefficient (Wildman–Crippen LogP) is 0.172. The molecule has 0 spiro atoms. The molecule has 13 nitrogen and oxygen atoms in total. The maximum Gasteiger partial charge on any atom is 0.220 e. The van der Waals surface area contributed by atoms with Crippen LogP contribution in [0, 0.1) is 0 Å². The van der Waals surface area contributed by atoms with Crippen LogP contribution in [-0.4, -0.2) is 100 Å². The summed E-state index contributed by atoms with van der Waals surface area (Å²) in [6.07, 6.45) is 2.83. The van der Waals surface area contributed by atoms with Gasteiger partial charge in [-0.15, -0.1) is 26.3 Å². The molecule has 0 aliphatic heterocycles. The maximum absolute atomic E-state index is 11.6. The van der Waals surface area contributed by atoms with E-state index in [2.05, 4.69) is 52.9 Å². The van der Waals surface area contributed by atoms with Crippen LogP contribution in [0.15, 0.2) is 26.3 Å². The Morgan fingerprint density at radius 1 is 0.558 bits per heavy atom. The third-order valence-corrected chi connectivity index (χ3v) is 5.91. The summed E-state index contributed by atoms with van der Waals surface area (Å²) in [4.78, 5) is 65.6. The summed E-state index contributed by atoms with van der Waals surface area (Å²) in [6.45, 7) is 19.1. The SMILES string of the molecule is C=C.C=C.CNC(CCC(N)=O)C(C)=O.CNC(CCN)C(C)=O.CNC(CCNC(=O)CCC(NC)C(C)=O)C(C)=O. The second-order valence-electron chi connectivity index (χ2n) is 9.07. The number of carbonyl (C=O) groups is 6. The zero-order valence-electron chi connectivity index (χ0n) is 27.9. The van der Waals surface area contributed by atoms with Gasteiger partial charge in [-0.25, -0.2) is 0 Å². The van der Waals surface area contributed by atoms with Crippen molar-refractivity contribution < 1.29 is 28.8 Å². The van der Waals surface area contributed by atoms with Crippen molar-refractivity contribution in [1.29, 1.82) is 0 Å². The van der Waals surface area contributed by atoms with Gasteiger partial charge in [0.1, 0.15) is 23.1 Å². The minimum atomic E-state index is -0.369. The molecule has 0 radical (unpaired) electrons. The quantitative estimate of drug-likeness (QED) is 0.0973. The van der Waals surface area contributed by atoms with Crippen LogP contribution in [0.1, 0.15) is 66.2 Å². The summed E-state index contributed by atoms with van der Waals surface area (Å²) < 4.78 is 0. The fourth-order valence-electron chi connectivity index (χ4n) is 3.38. The molecule has 252 valence electrons. The van der Waals surface area contributed by atoms with Gasteiger partial charge < -0.3 is 38.1 Å². The van der Waals surface area contributed by atoms with Crippen molar-refractivity contribution in [3.63, 3.8) is 0 Å². The number of nitrogens with one attached hydrogen (secondary N) is 5. The molecule has 0 saturated heterocycles. The highest BCUT2D eigenvalue weighted by molar-refractivity contribution is 5.84. The van der Waals surface area contributed by atoms with Gasteiger partial charge in [0.15, 0.2) is 0 Å². The van der Waals surface area contributed by atoms with Crippen LogP contribution < -0.4 is 38.1 Å². The van der Waals surface area contributed by atoms with Gasteiger partial charge in [0, 0.05) is 19.4 Å². The van der Waals surface area contributed by atoms with E-state index >= 15 is 0 Å². The lowest BCUT2D eigenvalue weighted by Crippen LogP contribution is -2.37. The Hall–Kier alpha value is -3.10. The van der Waals surface area contributed by atoms with E-state index in [0.717, 1.165) is 6.42 Å². The van der Waals surface area contributed by atoms with E-state index < -0.39 is 0 Å². The Labute approximate surface area is 259 Å². The normalized spacial score (nSPS) is 12.2. The van der Waals surface area contributed by atoms with Crippen LogP contribution in [0.5, 0.6) is 0 Å². The molecule has 2 amide bonds. The van der Waals surface area contributed by atoms with E-state index in [4.69, 9.17) is 11.5 Å². The van der Waals surface area contributed by atoms with E-state index in [1.54, 1.807) is 35.1 Å². The van der Waals surface area contributed by atoms with Crippen LogP contribution in [0.25, 0.3) is 0 Å². The lowest BCUT2D eigenvalue weighted by atomic mass is 10.1. The fourth-order valence-corrected chi connectivity index (χ4v) is 3.38. The number of Topliss-reactive ketones (excluding diaryl/α,β-unsaturated/α-hetero) is 4. The molecule has 4 atom stereocenters. The Morgan fingerprint density at radius 2 is 0.860 bits per heavy atom. The van der Waals surface area contributed by atoms with Crippen LogP contribution in [-0.2, 0) is 28.8 Å². The standard InChI is InChI=1S/C13H25N3O3.C7H14N2O2.C6H14N2O.2C2H4/c1-9(17)11(14-3)5-6-13(19)16-8-7-12(15-4)10(2)18;1-5(10)6(9-2)3-4-7(8)11;1-5(9)6(8-2)3-4-7;2*1-2/h11-12,14-15H,5-8H2,1-4H3,(H,16,19);6,9H,3-4H2,1-2H3,(H2,8,11);6,8H,3-4,7H2,1-2H3;2*1-2H2. The number of nitrogens with two attached hydrogens (primary N) is 2. The van der Waals surface area contributed by atoms with Crippen LogP contribution in [0.2, 0.25) is 0 Å². The molecule has 0 aliphatic rings. The van der Waals surface area contributed by atoms with Crippen LogP contribution >= 0.6 is 0 Å². The largest absolute Gasteiger partial charge is 0.370 e. The summed E-state index contributed by atoms with van der Waals surface area (Å²) in [7, 11) is 6.88. The molecular weight excluding hydrogens is 554 g/mol. The highest BCUT2D eigenvalue weighted by Crippen LogP contribution is 1.99. The number of amides is 2. The number of ketones is 4. The molecule has 0 bridgehead atoms. The van der Waals surface area contributed by atoms with Gasteiger partial charge in [-0.05, 0) is 88.1 Å². The average Bonchev–Trinajstić information content (AvgIpc) is 2.96. The van der Waals surface area contributed by atoms with Gasteiger partial charge in [0.2, 0.25) is 11.8 Å². The number of hydrogen-bond acceptors (Lipinski definition) is 11. The molecule has 4 unspecified atom stereocenters. The second-order valence-corrected chi connectivity index (χ2v) is 9.07. The van der Waals surface area contributed by atoms with E-state index in [-0.39, 0.29) is 65.5 Å². The lowest BCUT2D eigenvalue weighted by Gasteiger charge is -2.14. The van der Waals surface area contributed by atoms with Gasteiger partial charge in [-0.1, -0.05) is 0 Å². The van der Waals surface area contributed by atoms with Crippen molar-refractivity contribution in [3.8, 4) is 0 Å². The van der Waals surface area contributed by atoms with Gasteiger partial charge in [-0.3, -0.25) is 28.8 Å². The first kappa shape index (κ1) is 49.6. The van der Waals surface area contributed by atoms with Gasteiger partial charge >= 0.3 is 0 Å². The molecule has 0 aromatic heterocycles. The fraction of sp³-hybridized carbons (Fsp3) is 0.667. The smallest absolute Gasteiger partial charge is 0.220 e. The Balaban J connectivity index is -0.000000171. The molecular formula is C30H61N7O6. The number of likely N-dealkylation sites (N-methyl/N-ethyl adjacent to an activating group) is 4. The first-order chi connectivity index (χ1) is 20.2. The number of rotatable bonds is 19. The van der Waals surface area contributed by atoms with Crippen molar-refractivity contribution in [2.24, 2.45) is 11.5 Å². The summed E-state index contributed by atoms with van der Waals surface area (Å²) in [5.74, 6) is -0.186. The number of carbonyl (C=O) groups excluding carboxylic acids is 6. The predicted molar refractivity (Wildman–Crippen MR) is 176 cm³/mol. The minimum absolute atomic E-state index is 0.0297. The van der Waals surface area contributed by atoms with Crippen LogP contribution in [0.4, 0.5) is 0 Å². The van der Waals surface area contributed by atoms with Gasteiger partial charge in [0.25, 0.3) is 0 Å². The molecule has 0 heterocycles. The van der Waals surface area contributed by atoms with Crippen molar-refractivity contribution in [3.05, 3.63) is 26.3 Å². The molecule has 0 aromatic carbocycles. The van der Waals surface area contributed by atoms with Crippen molar-refractivity contribution in [2.75, 3.05) is 41.3 Å². The van der Waals surface area contributed by atoms with E-state index in [1.165, 1.54) is 20.8 Å². The van der Waals surface area contributed by atoms with Crippen molar-refractivity contribution in [2.45, 2.75) is 90.4 Å². The van der Waals surface area contributed by atoms with Crippen molar-refractivity contribution >= 4 is 34.9 Å². The highest BCUT2D eigenvalue weighted by Gasteiger charge is 2.15. The summed E-state index contributed by atoms with van der Waals surface area (Å²) in [6, 6.07) is -0.770. The summed E-state index contributed by atoms with van der Waals surface area (Å²) in [5, 5.41) is 14.2. The zero-order valence-corrected chi connectivity index (χ0v) is 27.9. The zero-order chi connectivity index (χ0) is 35.0. The molecule has 0 aromatic rings.